The van der Waals surface area contributed by atoms with E-state index in [1.54, 1.807) is 17.0 Å². The van der Waals surface area contributed by atoms with E-state index in [1.165, 1.54) is 11.6 Å². The molecule has 0 atom stereocenters. The van der Waals surface area contributed by atoms with Gasteiger partial charge in [-0.3, -0.25) is 9.69 Å². The molecule has 1 amide bonds. The average Bonchev–Trinajstić information content (AvgIpc) is 2.70. The summed E-state index contributed by atoms with van der Waals surface area (Å²) in [7, 11) is 0. The minimum Gasteiger partial charge on any atom is -0.337 e. The maximum atomic E-state index is 13.8. The highest BCUT2D eigenvalue weighted by atomic mass is 19.2. The van der Waals surface area contributed by atoms with Crippen LogP contribution < -0.4 is 0 Å². The van der Waals surface area contributed by atoms with Gasteiger partial charge in [0, 0.05) is 44.4 Å². The summed E-state index contributed by atoms with van der Waals surface area (Å²) >= 11 is 0. The van der Waals surface area contributed by atoms with Gasteiger partial charge in [-0.25, -0.2) is 8.78 Å². The number of hydrogen-bond donors (Lipinski definition) is 0. The summed E-state index contributed by atoms with van der Waals surface area (Å²) in [5, 5.41) is 0. The predicted molar refractivity (Wildman–Crippen MR) is 108 cm³/mol. The molecule has 1 fully saturated rings. The van der Waals surface area contributed by atoms with Crippen molar-refractivity contribution in [2.24, 2.45) is 0 Å². The third-order valence-corrected chi connectivity index (χ3v) is 5.13. The van der Waals surface area contributed by atoms with E-state index in [9.17, 15) is 13.6 Å². The van der Waals surface area contributed by atoms with Gasteiger partial charge in [0.15, 0.2) is 11.6 Å². The molecule has 2 aromatic carbocycles. The molecule has 1 aliphatic heterocycles. The molecule has 0 aromatic heterocycles. The van der Waals surface area contributed by atoms with E-state index < -0.39 is 11.6 Å². The van der Waals surface area contributed by atoms with Gasteiger partial charge in [-0.2, -0.15) is 0 Å². The molecule has 1 saturated heterocycles. The van der Waals surface area contributed by atoms with Crippen LogP contribution in [0.5, 0.6) is 0 Å². The van der Waals surface area contributed by atoms with Crippen molar-refractivity contribution in [3.8, 4) is 0 Å². The Morgan fingerprint density at radius 1 is 1.04 bits per heavy atom. The number of piperazine rings is 1. The second-order valence-electron chi connectivity index (χ2n) is 7.47. The lowest BCUT2D eigenvalue weighted by atomic mass is 10.0. The fourth-order valence-electron chi connectivity index (χ4n) is 3.30. The van der Waals surface area contributed by atoms with Crippen molar-refractivity contribution in [3.05, 3.63) is 76.9 Å². The van der Waals surface area contributed by atoms with Crippen LogP contribution in [0.1, 0.15) is 36.5 Å². The first-order valence-electron chi connectivity index (χ1n) is 9.66. The normalized spacial score (nSPS) is 15.5. The third-order valence-electron chi connectivity index (χ3n) is 5.13. The lowest BCUT2D eigenvalue weighted by molar-refractivity contribution is -0.127. The molecule has 3 nitrogen and oxygen atoms in total. The van der Waals surface area contributed by atoms with Crippen LogP contribution in [0.15, 0.2) is 48.5 Å². The van der Waals surface area contributed by atoms with Crippen molar-refractivity contribution >= 4 is 12.0 Å². The standard InChI is InChI=1S/C23H26F2N2O/c1-17(2)19-9-6-18(7-10-19)8-11-22(28)27-14-12-26(13-15-27)16-20-4-3-5-21(24)23(20)25/h3-11,17H,12-16H2,1-2H3/b11-8+. The molecule has 148 valence electrons. The highest BCUT2D eigenvalue weighted by Gasteiger charge is 2.21. The molecule has 0 aliphatic carbocycles. The van der Waals surface area contributed by atoms with E-state index in [4.69, 9.17) is 0 Å². The molecule has 3 rings (SSSR count). The smallest absolute Gasteiger partial charge is 0.246 e. The van der Waals surface area contributed by atoms with E-state index in [1.807, 2.05) is 23.1 Å². The summed E-state index contributed by atoms with van der Waals surface area (Å²) in [6.07, 6.45) is 3.44. The number of rotatable bonds is 5. The molecule has 0 unspecified atom stereocenters. The molecule has 0 saturated carbocycles. The van der Waals surface area contributed by atoms with Crippen LogP contribution >= 0.6 is 0 Å². The van der Waals surface area contributed by atoms with Crippen LogP contribution in [-0.2, 0) is 11.3 Å². The number of hydrogen-bond acceptors (Lipinski definition) is 2. The van der Waals surface area contributed by atoms with Crippen molar-refractivity contribution in [2.75, 3.05) is 26.2 Å². The number of nitrogens with zero attached hydrogens (tertiary/aromatic N) is 2. The quantitative estimate of drug-likeness (QED) is 0.712. The summed E-state index contributed by atoms with van der Waals surface area (Å²) < 4.78 is 27.2. The Morgan fingerprint density at radius 3 is 2.36 bits per heavy atom. The van der Waals surface area contributed by atoms with Crippen LogP contribution in [0.3, 0.4) is 0 Å². The molecule has 0 radical (unpaired) electrons. The topological polar surface area (TPSA) is 23.6 Å². The van der Waals surface area contributed by atoms with Gasteiger partial charge in [0.2, 0.25) is 5.91 Å². The largest absolute Gasteiger partial charge is 0.337 e. The Balaban J connectivity index is 1.51. The highest BCUT2D eigenvalue weighted by Crippen LogP contribution is 2.17. The van der Waals surface area contributed by atoms with Crippen molar-refractivity contribution in [3.63, 3.8) is 0 Å². The Kier molecular flexibility index (Phi) is 6.57. The Hall–Kier alpha value is -2.53. The minimum absolute atomic E-state index is 0.0236. The van der Waals surface area contributed by atoms with Gasteiger partial charge < -0.3 is 4.90 Å². The average molecular weight is 384 g/mol. The van der Waals surface area contributed by atoms with E-state index >= 15 is 0 Å². The molecule has 2 aromatic rings. The summed E-state index contributed by atoms with van der Waals surface area (Å²) in [4.78, 5) is 16.2. The molecule has 1 aliphatic rings. The Bertz CT molecular complexity index is 838. The monoisotopic (exact) mass is 384 g/mol. The molecular formula is C23H26F2N2O. The van der Waals surface area contributed by atoms with Gasteiger partial charge in [0.1, 0.15) is 0 Å². The van der Waals surface area contributed by atoms with Gasteiger partial charge in [-0.05, 0) is 29.2 Å². The zero-order chi connectivity index (χ0) is 20.1. The van der Waals surface area contributed by atoms with Gasteiger partial charge in [0.05, 0.1) is 0 Å². The predicted octanol–water partition coefficient (Wildman–Crippen LogP) is 4.45. The summed E-state index contributed by atoms with van der Waals surface area (Å²) in [6, 6.07) is 12.4. The number of amides is 1. The maximum absolute atomic E-state index is 13.8. The molecule has 28 heavy (non-hydrogen) atoms. The van der Waals surface area contributed by atoms with Crippen LogP contribution in [0.2, 0.25) is 0 Å². The van der Waals surface area contributed by atoms with Crippen LogP contribution in [-0.4, -0.2) is 41.9 Å². The van der Waals surface area contributed by atoms with E-state index in [0.29, 0.717) is 44.2 Å². The maximum Gasteiger partial charge on any atom is 0.246 e. The summed E-state index contributed by atoms with van der Waals surface area (Å²) in [5.41, 5.74) is 2.62. The fourth-order valence-corrected chi connectivity index (χ4v) is 3.30. The first-order chi connectivity index (χ1) is 13.4. The highest BCUT2D eigenvalue weighted by molar-refractivity contribution is 5.91. The van der Waals surface area contributed by atoms with Crippen molar-refractivity contribution < 1.29 is 13.6 Å². The van der Waals surface area contributed by atoms with Crippen LogP contribution in [0.25, 0.3) is 6.08 Å². The van der Waals surface area contributed by atoms with Crippen LogP contribution in [0.4, 0.5) is 8.78 Å². The number of halogens is 2. The summed E-state index contributed by atoms with van der Waals surface area (Å²) in [6.45, 7) is 7.08. The molecular weight excluding hydrogens is 358 g/mol. The zero-order valence-electron chi connectivity index (χ0n) is 16.4. The van der Waals surface area contributed by atoms with Gasteiger partial charge in [-0.15, -0.1) is 0 Å². The molecule has 0 N–H and O–H groups in total. The number of benzene rings is 2. The number of carbonyl (C=O) groups excluding carboxylic acids is 1. The molecule has 1 heterocycles. The first kappa shape index (κ1) is 20.2. The van der Waals surface area contributed by atoms with E-state index in [2.05, 4.69) is 26.0 Å². The second-order valence-corrected chi connectivity index (χ2v) is 7.47. The molecule has 0 bridgehead atoms. The van der Waals surface area contributed by atoms with Gasteiger partial charge >= 0.3 is 0 Å². The van der Waals surface area contributed by atoms with Crippen molar-refractivity contribution in [1.82, 2.24) is 9.80 Å². The van der Waals surface area contributed by atoms with Crippen molar-refractivity contribution in [1.29, 1.82) is 0 Å². The SMILES string of the molecule is CC(C)c1ccc(/C=C/C(=O)N2CCN(Cc3cccc(F)c3F)CC2)cc1. The van der Waals surface area contributed by atoms with E-state index in [0.717, 1.165) is 11.6 Å². The van der Waals surface area contributed by atoms with Crippen LogP contribution in [0, 0.1) is 11.6 Å². The third kappa shape index (κ3) is 5.04. The summed E-state index contributed by atoms with van der Waals surface area (Å²) in [5.74, 6) is -1.15. The lowest BCUT2D eigenvalue weighted by Crippen LogP contribution is -2.47. The zero-order valence-corrected chi connectivity index (χ0v) is 16.4. The second kappa shape index (κ2) is 9.11. The van der Waals surface area contributed by atoms with E-state index in [-0.39, 0.29) is 5.91 Å². The fraction of sp³-hybridized carbons (Fsp3) is 0.348. The lowest BCUT2D eigenvalue weighted by Gasteiger charge is -2.34. The minimum atomic E-state index is -0.821. The van der Waals surface area contributed by atoms with Gasteiger partial charge in [-0.1, -0.05) is 50.2 Å². The molecule has 5 heteroatoms. The Morgan fingerprint density at radius 2 is 1.71 bits per heavy atom. The van der Waals surface area contributed by atoms with Crippen molar-refractivity contribution in [2.45, 2.75) is 26.3 Å². The van der Waals surface area contributed by atoms with Gasteiger partial charge in [0.25, 0.3) is 0 Å². The Labute approximate surface area is 165 Å². The molecule has 0 spiro atoms. The first-order valence-corrected chi connectivity index (χ1v) is 9.66. The number of carbonyl (C=O) groups is 1.